The summed E-state index contributed by atoms with van der Waals surface area (Å²) in [5, 5.41) is 0.772. The summed E-state index contributed by atoms with van der Waals surface area (Å²) in [6.45, 7) is 15.6. The number of hydrogen-bond acceptors (Lipinski definition) is 3. The topological polar surface area (TPSA) is 55.0 Å². The molecule has 0 fully saturated rings. The molecule has 1 aliphatic rings. The van der Waals surface area contributed by atoms with E-state index in [1.807, 2.05) is 38.2 Å². The fourth-order valence-electron chi connectivity index (χ4n) is 3.42. The highest BCUT2D eigenvalue weighted by Crippen LogP contribution is 2.51. The van der Waals surface area contributed by atoms with Crippen molar-refractivity contribution < 1.29 is 9.22 Å². The molecule has 1 unspecified atom stereocenters. The van der Waals surface area contributed by atoms with Crippen LogP contribution in [-0.4, -0.2) is 24.1 Å². The van der Waals surface area contributed by atoms with Crippen LogP contribution in [0.2, 0.25) is 23.2 Å². The first-order valence-electron chi connectivity index (χ1n) is 9.37. The van der Waals surface area contributed by atoms with Gasteiger partial charge in [-0.05, 0) is 29.8 Å². The average molecular weight is 405 g/mol. The van der Waals surface area contributed by atoms with Crippen LogP contribution >= 0.6 is 11.6 Å². The standard InChI is InChI=1S/C21H29ClN2O2Si/c1-20(2,3)27(6,7)26-12-13-11-23-19(24-13)17-16-14(9-8-10-15(16)22)18(25)21(17,4)5/h8-11,17H,12H2,1-7H3,(H,23,24). The third-order valence-corrected chi connectivity index (χ3v) is 11.0. The summed E-state index contributed by atoms with van der Waals surface area (Å²) >= 11 is 6.47. The Balaban J connectivity index is 1.90. The minimum absolute atomic E-state index is 0.112. The van der Waals surface area contributed by atoms with Crippen LogP contribution in [0.5, 0.6) is 0 Å². The summed E-state index contributed by atoms with van der Waals surface area (Å²) in [5.74, 6) is 0.699. The summed E-state index contributed by atoms with van der Waals surface area (Å²) in [4.78, 5) is 20.9. The molecule has 0 amide bonds. The van der Waals surface area contributed by atoms with Gasteiger partial charge in [0.05, 0.1) is 24.4 Å². The zero-order chi connectivity index (χ0) is 20.2. The average Bonchev–Trinajstić information content (AvgIpc) is 3.08. The molecule has 4 nitrogen and oxygen atoms in total. The van der Waals surface area contributed by atoms with E-state index in [0.29, 0.717) is 17.2 Å². The van der Waals surface area contributed by atoms with Gasteiger partial charge in [0.15, 0.2) is 14.1 Å². The van der Waals surface area contributed by atoms with Crippen molar-refractivity contribution in [3.8, 4) is 0 Å². The molecule has 1 aliphatic carbocycles. The third-order valence-electron chi connectivity index (χ3n) is 6.21. The molecule has 2 aromatic rings. The fraction of sp³-hybridized carbons (Fsp3) is 0.524. The Morgan fingerprint density at radius 1 is 1.30 bits per heavy atom. The number of halogens is 1. The number of H-pyrrole nitrogens is 1. The fourth-order valence-corrected chi connectivity index (χ4v) is 4.65. The van der Waals surface area contributed by atoms with Crippen LogP contribution in [0, 0.1) is 5.41 Å². The molecule has 1 aromatic heterocycles. The number of fused-ring (bicyclic) bond motifs is 1. The van der Waals surface area contributed by atoms with Crippen molar-refractivity contribution in [2.24, 2.45) is 5.41 Å². The molecule has 146 valence electrons. The predicted molar refractivity (Wildman–Crippen MR) is 112 cm³/mol. The minimum Gasteiger partial charge on any atom is -0.411 e. The van der Waals surface area contributed by atoms with Crippen LogP contribution in [0.15, 0.2) is 24.4 Å². The number of hydrogen-bond donors (Lipinski definition) is 1. The zero-order valence-electron chi connectivity index (χ0n) is 17.2. The minimum atomic E-state index is -1.84. The lowest BCUT2D eigenvalue weighted by Gasteiger charge is -2.35. The number of imidazole rings is 1. The van der Waals surface area contributed by atoms with Gasteiger partial charge in [-0.25, -0.2) is 4.98 Å². The SMILES string of the molecule is CC1(C)C(=O)c2cccc(Cl)c2C1c1ncc(CO[Si](C)(C)C(C)(C)C)[nH]1. The van der Waals surface area contributed by atoms with Gasteiger partial charge in [-0.3, -0.25) is 4.79 Å². The maximum atomic E-state index is 12.9. The van der Waals surface area contributed by atoms with Crippen LogP contribution in [0.4, 0.5) is 0 Å². The Bertz CT molecular complexity index is 881. The number of ketones is 1. The van der Waals surface area contributed by atoms with Crippen molar-refractivity contribution in [2.75, 3.05) is 0 Å². The Morgan fingerprint density at radius 3 is 2.59 bits per heavy atom. The molecular weight excluding hydrogens is 376 g/mol. The second kappa shape index (κ2) is 6.57. The second-order valence-electron chi connectivity index (χ2n) is 9.53. The largest absolute Gasteiger partial charge is 0.411 e. The van der Waals surface area contributed by atoms with Crippen molar-refractivity contribution in [3.63, 3.8) is 0 Å². The monoisotopic (exact) mass is 404 g/mol. The molecule has 6 heteroatoms. The molecule has 27 heavy (non-hydrogen) atoms. The van der Waals surface area contributed by atoms with E-state index in [1.54, 1.807) is 0 Å². The highest BCUT2D eigenvalue weighted by Gasteiger charge is 2.49. The highest BCUT2D eigenvalue weighted by atomic mass is 35.5. The number of aromatic nitrogens is 2. The number of carbonyl (C=O) groups excluding carboxylic acids is 1. The number of rotatable bonds is 4. The molecule has 0 spiro atoms. The van der Waals surface area contributed by atoms with Crippen molar-refractivity contribution in [3.05, 3.63) is 52.1 Å². The highest BCUT2D eigenvalue weighted by molar-refractivity contribution is 6.74. The molecule has 3 rings (SSSR count). The Morgan fingerprint density at radius 2 is 1.96 bits per heavy atom. The van der Waals surface area contributed by atoms with Gasteiger partial charge in [-0.2, -0.15) is 0 Å². The summed E-state index contributed by atoms with van der Waals surface area (Å²) in [6.07, 6.45) is 1.82. The van der Waals surface area contributed by atoms with Crippen LogP contribution < -0.4 is 0 Å². The third kappa shape index (κ3) is 3.41. The van der Waals surface area contributed by atoms with Crippen molar-refractivity contribution in [2.45, 2.75) is 65.3 Å². The van der Waals surface area contributed by atoms with Gasteiger partial charge in [-0.15, -0.1) is 0 Å². The number of nitrogens with zero attached hydrogens (tertiary/aromatic N) is 1. The van der Waals surface area contributed by atoms with Crippen LogP contribution in [0.1, 0.15) is 68.0 Å². The summed E-state index contributed by atoms with van der Waals surface area (Å²) in [6, 6.07) is 5.53. The lowest BCUT2D eigenvalue weighted by Crippen LogP contribution is -2.40. The van der Waals surface area contributed by atoms with Crippen LogP contribution in [0.25, 0.3) is 0 Å². The van der Waals surface area contributed by atoms with Gasteiger partial charge >= 0.3 is 0 Å². The van der Waals surface area contributed by atoms with Gasteiger partial charge in [0.1, 0.15) is 5.82 Å². The molecule has 0 aliphatic heterocycles. The quantitative estimate of drug-likeness (QED) is 0.641. The Hall–Kier alpha value is -1.43. The van der Waals surface area contributed by atoms with E-state index in [-0.39, 0.29) is 16.7 Å². The molecule has 1 heterocycles. The summed E-state index contributed by atoms with van der Waals surface area (Å²) in [7, 11) is -1.84. The lowest BCUT2D eigenvalue weighted by atomic mass is 9.78. The van der Waals surface area contributed by atoms with E-state index in [1.165, 1.54) is 0 Å². The number of aromatic amines is 1. The summed E-state index contributed by atoms with van der Waals surface area (Å²) < 4.78 is 6.30. The zero-order valence-corrected chi connectivity index (χ0v) is 19.0. The van der Waals surface area contributed by atoms with Crippen molar-refractivity contribution in [1.29, 1.82) is 0 Å². The van der Waals surface area contributed by atoms with Crippen molar-refractivity contribution in [1.82, 2.24) is 9.97 Å². The van der Waals surface area contributed by atoms with Gasteiger partial charge in [0, 0.05) is 16.0 Å². The van der Waals surface area contributed by atoms with Gasteiger partial charge in [-0.1, -0.05) is 58.4 Å². The molecule has 0 radical (unpaired) electrons. The Labute approximate surface area is 167 Å². The number of benzene rings is 1. The van der Waals surface area contributed by atoms with Crippen molar-refractivity contribution >= 4 is 25.7 Å². The first-order chi connectivity index (χ1) is 12.4. The summed E-state index contributed by atoms with van der Waals surface area (Å²) in [5.41, 5.74) is 1.91. The first kappa shape index (κ1) is 20.3. The molecule has 0 saturated carbocycles. The van der Waals surface area contributed by atoms with Crippen LogP contribution in [0.3, 0.4) is 0 Å². The molecular formula is C21H29ClN2O2Si. The van der Waals surface area contributed by atoms with E-state index in [9.17, 15) is 4.79 Å². The second-order valence-corrected chi connectivity index (χ2v) is 14.7. The van der Waals surface area contributed by atoms with E-state index in [4.69, 9.17) is 16.0 Å². The molecule has 1 N–H and O–H groups in total. The maximum Gasteiger partial charge on any atom is 0.192 e. The predicted octanol–water partition coefficient (Wildman–Crippen LogP) is 5.94. The Kier molecular flexibility index (Phi) is 4.94. The van der Waals surface area contributed by atoms with Gasteiger partial charge < -0.3 is 9.41 Å². The van der Waals surface area contributed by atoms with E-state index in [2.05, 4.69) is 43.8 Å². The van der Waals surface area contributed by atoms with E-state index >= 15 is 0 Å². The number of carbonyl (C=O) groups is 1. The van der Waals surface area contributed by atoms with E-state index < -0.39 is 13.7 Å². The molecule has 0 saturated heterocycles. The normalized spacial score (nSPS) is 19.4. The lowest BCUT2D eigenvalue weighted by molar-refractivity contribution is 0.0845. The maximum absolute atomic E-state index is 12.9. The first-order valence-corrected chi connectivity index (χ1v) is 12.7. The van der Waals surface area contributed by atoms with Gasteiger partial charge in [0.2, 0.25) is 0 Å². The molecule has 0 bridgehead atoms. The molecule has 1 aromatic carbocycles. The smallest absolute Gasteiger partial charge is 0.192 e. The molecule has 1 atom stereocenters. The van der Waals surface area contributed by atoms with E-state index in [0.717, 1.165) is 17.1 Å². The number of nitrogens with one attached hydrogen (secondary N) is 1. The van der Waals surface area contributed by atoms with Crippen LogP contribution in [-0.2, 0) is 11.0 Å². The van der Waals surface area contributed by atoms with Gasteiger partial charge in [0.25, 0.3) is 0 Å². The number of Topliss-reactive ketones (excluding diaryl/α,β-unsaturated/α-hetero) is 1.